The summed E-state index contributed by atoms with van der Waals surface area (Å²) in [6.45, 7) is 3.40. The van der Waals surface area contributed by atoms with Crippen molar-refractivity contribution < 1.29 is 19.4 Å². The molecule has 1 saturated heterocycles. The van der Waals surface area contributed by atoms with Crippen LogP contribution in [-0.4, -0.2) is 47.7 Å². The highest BCUT2D eigenvalue weighted by Gasteiger charge is 2.50. The molecule has 0 bridgehead atoms. The van der Waals surface area contributed by atoms with Gasteiger partial charge in [0.1, 0.15) is 0 Å². The van der Waals surface area contributed by atoms with Gasteiger partial charge in [0.25, 0.3) is 0 Å². The zero-order valence-electron chi connectivity index (χ0n) is 13.2. The van der Waals surface area contributed by atoms with Gasteiger partial charge in [0.05, 0.1) is 17.6 Å². The lowest BCUT2D eigenvalue weighted by Gasteiger charge is -2.42. The van der Waals surface area contributed by atoms with E-state index in [1.54, 1.807) is 7.11 Å². The van der Waals surface area contributed by atoms with Gasteiger partial charge in [-0.25, -0.2) is 0 Å². The number of carbonyl (C=O) groups is 2. The predicted molar refractivity (Wildman–Crippen MR) is 79.0 cm³/mol. The second kappa shape index (κ2) is 6.34. The Morgan fingerprint density at radius 1 is 1.24 bits per heavy atom. The van der Waals surface area contributed by atoms with Crippen LogP contribution in [0.25, 0.3) is 0 Å². The van der Waals surface area contributed by atoms with Crippen molar-refractivity contribution in [3.05, 3.63) is 0 Å². The fourth-order valence-corrected chi connectivity index (χ4v) is 4.00. The van der Waals surface area contributed by atoms with E-state index in [0.29, 0.717) is 19.4 Å². The van der Waals surface area contributed by atoms with Crippen LogP contribution in [-0.2, 0) is 14.3 Å². The Labute approximate surface area is 126 Å². The average Bonchev–Trinajstić information content (AvgIpc) is 2.77. The smallest absolute Gasteiger partial charge is 0.310 e. The first-order valence-electron chi connectivity index (χ1n) is 8.02. The molecule has 2 aliphatic rings. The molecule has 1 saturated carbocycles. The molecule has 21 heavy (non-hydrogen) atoms. The zero-order chi connectivity index (χ0) is 15.5. The number of ether oxygens (including phenoxy) is 1. The molecule has 0 spiro atoms. The minimum Gasteiger partial charge on any atom is -0.481 e. The van der Waals surface area contributed by atoms with Crippen LogP contribution in [0.15, 0.2) is 0 Å². The number of aliphatic carboxylic acids is 1. The Bertz CT molecular complexity index is 397. The number of methoxy groups -OCH3 is 1. The third-order valence-corrected chi connectivity index (χ3v) is 5.28. The van der Waals surface area contributed by atoms with Crippen LogP contribution in [0.2, 0.25) is 0 Å². The van der Waals surface area contributed by atoms with Crippen LogP contribution in [0.3, 0.4) is 0 Å². The Balaban J connectivity index is 2.11. The first kappa shape index (κ1) is 16.3. The van der Waals surface area contributed by atoms with E-state index < -0.39 is 11.4 Å². The Morgan fingerprint density at radius 2 is 1.95 bits per heavy atom. The first-order chi connectivity index (χ1) is 9.99. The summed E-state index contributed by atoms with van der Waals surface area (Å²) in [6, 6.07) is 0. The van der Waals surface area contributed by atoms with E-state index in [1.165, 1.54) is 0 Å². The van der Waals surface area contributed by atoms with E-state index in [-0.39, 0.29) is 17.9 Å². The number of carboxylic acid groups (broad SMARTS) is 1. The second-order valence-corrected chi connectivity index (χ2v) is 6.67. The summed E-state index contributed by atoms with van der Waals surface area (Å²) in [5.41, 5.74) is -1.02. The number of carboxylic acids is 1. The van der Waals surface area contributed by atoms with Gasteiger partial charge in [-0.1, -0.05) is 19.8 Å². The van der Waals surface area contributed by atoms with E-state index in [0.717, 1.165) is 38.6 Å². The van der Waals surface area contributed by atoms with Gasteiger partial charge in [-0.15, -0.1) is 0 Å². The third kappa shape index (κ3) is 2.93. The Hall–Kier alpha value is -1.10. The van der Waals surface area contributed by atoms with E-state index in [9.17, 15) is 14.7 Å². The van der Waals surface area contributed by atoms with E-state index in [4.69, 9.17) is 4.74 Å². The van der Waals surface area contributed by atoms with Gasteiger partial charge in [-0.05, 0) is 32.1 Å². The minimum atomic E-state index is -0.811. The maximum absolute atomic E-state index is 12.7. The zero-order valence-corrected chi connectivity index (χ0v) is 13.2. The molecule has 1 N–H and O–H groups in total. The molecule has 1 unspecified atom stereocenters. The number of nitrogens with zero attached hydrogens (tertiary/aromatic N) is 1. The fourth-order valence-electron chi connectivity index (χ4n) is 4.00. The van der Waals surface area contributed by atoms with E-state index in [2.05, 4.69) is 6.92 Å². The molecule has 0 aromatic rings. The fraction of sp³-hybridized carbons (Fsp3) is 0.875. The summed E-state index contributed by atoms with van der Waals surface area (Å²) in [4.78, 5) is 26.1. The largest absolute Gasteiger partial charge is 0.481 e. The molecule has 1 aliphatic heterocycles. The quantitative estimate of drug-likeness (QED) is 0.784. The number of hydrogen-bond acceptors (Lipinski definition) is 3. The van der Waals surface area contributed by atoms with Crippen molar-refractivity contribution in [3.8, 4) is 0 Å². The molecule has 1 amide bonds. The molecule has 1 aliphatic carbocycles. The summed E-state index contributed by atoms with van der Waals surface area (Å²) in [7, 11) is 1.67. The highest BCUT2D eigenvalue weighted by atomic mass is 16.5. The van der Waals surface area contributed by atoms with Crippen molar-refractivity contribution in [3.63, 3.8) is 0 Å². The second-order valence-electron chi connectivity index (χ2n) is 6.67. The molecule has 1 heterocycles. The third-order valence-electron chi connectivity index (χ3n) is 5.28. The summed E-state index contributed by atoms with van der Waals surface area (Å²) in [6.07, 6.45) is 6.19. The van der Waals surface area contributed by atoms with Gasteiger partial charge in [-0.2, -0.15) is 0 Å². The standard InChI is InChI=1S/C16H27NO4/c1-3-6-16(12-21-2)9-5-10-17(16)13(18)11-15(14(19)20)7-4-8-15/h3-12H2,1-2H3,(H,19,20). The van der Waals surface area contributed by atoms with Crippen molar-refractivity contribution in [1.29, 1.82) is 0 Å². The van der Waals surface area contributed by atoms with Crippen molar-refractivity contribution in [2.24, 2.45) is 5.41 Å². The number of hydrogen-bond donors (Lipinski definition) is 1. The van der Waals surface area contributed by atoms with Crippen molar-refractivity contribution >= 4 is 11.9 Å². The molecule has 0 radical (unpaired) electrons. The average molecular weight is 297 g/mol. The monoisotopic (exact) mass is 297 g/mol. The molecule has 5 heteroatoms. The lowest BCUT2D eigenvalue weighted by Crippen LogP contribution is -2.53. The van der Waals surface area contributed by atoms with E-state index >= 15 is 0 Å². The highest BCUT2D eigenvalue weighted by molar-refractivity contribution is 5.86. The first-order valence-corrected chi connectivity index (χ1v) is 8.02. The van der Waals surface area contributed by atoms with Crippen LogP contribution >= 0.6 is 0 Å². The molecule has 2 rings (SSSR count). The molecule has 0 aromatic heterocycles. The van der Waals surface area contributed by atoms with Crippen LogP contribution in [0.1, 0.15) is 58.3 Å². The Kier molecular flexibility index (Phi) is 4.91. The highest BCUT2D eigenvalue weighted by Crippen LogP contribution is 2.46. The van der Waals surface area contributed by atoms with Gasteiger partial charge in [0, 0.05) is 20.1 Å². The van der Waals surface area contributed by atoms with Gasteiger partial charge in [-0.3, -0.25) is 9.59 Å². The summed E-state index contributed by atoms with van der Waals surface area (Å²) < 4.78 is 5.37. The number of carbonyl (C=O) groups excluding carboxylic acids is 1. The summed E-state index contributed by atoms with van der Waals surface area (Å²) in [5, 5.41) is 9.42. The molecule has 1 atom stereocenters. The lowest BCUT2D eigenvalue weighted by atomic mass is 9.66. The van der Waals surface area contributed by atoms with Crippen LogP contribution in [0.5, 0.6) is 0 Å². The normalized spacial score (nSPS) is 27.4. The topological polar surface area (TPSA) is 66.8 Å². The van der Waals surface area contributed by atoms with E-state index in [1.807, 2.05) is 4.90 Å². The van der Waals surface area contributed by atoms with Gasteiger partial charge in [0.15, 0.2) is 0 Å². The maximum atomic E-state index is 12.7. The van der Waals surface area contributed by atoms with Crippen molar-refractivity contribution in [2.45, 2.75) is 63.8 Å². The van der Waals surface area contributed by atoms with Crippen molar-refractivity contribution in [1.82, 2.24) is 4.90 Å². The van der Waals surface area contributed by atoms with Crippen LogP contribution in [0, 0.1) is 5.41 Å². The predicted octanol–water partition coefficient (Wildman–Crippen LogP) is 2.44. The van der Waals surface area contributed by atoms with Crippen LogP contribution < -0.4 is 0 Å². The van der Waals surface area contributed by atoms with Crippen LogP contribution in [0.4, 0.5) is 0 Å². The number of amides is 1. The molecule has 2 fully saturated rings. The number of likely N-dealkylation sites (tertiary alicyclic amines) is 1. The van der Waals surface area contributed by atoms with Gasteiger partial charge in [0.2, 0.25) is 5.91 Å². The molecular formula is C16H27NO4. The molecular weight excluding hydrogens is 270 g/mol. The molecule has 120 valence electrons. The lowest BCUT2D eigenvalue weighted by molar-refractivity contribution is -0.161. The SMILES string of the molecule is CCCC1(COC)CCCN1C(=O)CC1(C(=O)O)CCC1. The van der Waals surface area contributed by atoms with Crippen molar-refractivity contribution in [2.75, 3.05) is 20.3 Å². The maximum Gasteiger partial charge on any atom is 0.310 e. The Morgan fingerprint density at radius 3 is 2.43 bits per heavy atom. The minimum absolute atomic E-state index is 0.0000926. The van der Waals surface area contributed by atoms with Gasteiger partial charge >= 0.3 is 5.97 Å². The summed E-state index contributed by atoms with van der Waals surface area (Å²) >= 11 is 0. The summed E-state index contributed by atoms with van der Waals surface area (Å²) in [5.74, 6) is -0.811. The molecule has 0 aromatic carbocycles. The molecule has 5 nitrogen and oxygen atoms in total. The number of rotatable bonds is 7. The van der Waals surface area contributed by atoms with Gasteiger partial charge < -0.3 is 14.7 Å².